The number of aromatic nitrogens is 2. The maximum atomic E-state index is 13.6. The van der Waals surface area contributed by atoms with E-state index in [0.717, 1.165) is 6.20 Å². The molecule has 0 radical (unpaired) electrons. The average Bonchev–Trinajstić information content (AvgIpc) is 3.49. The number of allylic oxidation sites excluding steroid dienone is 1. The molecule has 1 aromatic heterocycles. The van der Waals surface area contributed by atoms with Crippen molar-refractivity contribution in [3.8, 4) is 0 Å². The first-order chi connectivity index (χ1) is 15.6. The van der Waals surface area contributed by atoms with Crippen LogP contribution in [0.2, 0.25) is 0 Å². The third kappa shape index (κ3) is 4.96. The number of hydrogen-bond acceptors (Lipinski definition) is 8. The van der Waals surface area contributed by atoms with E-state index in [1.807, 2.05) is 6.92 Å². The number of nitrogens with two attached hydrogens (primary N) is 1. The minimum Gasteiger partial charge on any atom is -0.398 e. The monoisotopic (exact) mass is 467 g/mol. The number of alkyl halides is 3. The standard InChI is InChI=1S/C22H28F3N5O3/c1-12(20-28-5-3-6-29-20)30-18-9-21(18)19(31)17(4-7-32-21)33-13(2)15-8-14(26)10-27-11-16(15)22(23,24)25/h3,5-6,8,10-13,15,17-19,30-31H,4,7,9,26H2,1-2H3/t12?,13?,15?,17-,18+,19-,21?/m1/s1. The van der Waals surface area contributed by atoms with Crippen LogP contribution in [0.1, 0.15) is 38.6 Å². The maximum absolute atomic E-state index is 13.6. The van der Waals surface area contributed by atoms with Gasteiger partial charge in [-0.3, -0.25) is 4.99 Å². The van der Waals surface area contributed by atoms with Crippen molar-refractivity contribution in [2.45, 2.75) is 68.9 Å². The summed E-state index contributed by atoms with van der Waals surface area (Å²) in [6, 6.07) is 1.42. The molecule has 0 aromatic carbocycles. The Kier molecular flexibility index (Phi) is 6.59. The Labute approximate surface area is 189 Å². The lowest BCUT2D eigenvalue weighted by molar-refractivity contribution is -0.188. The van der Waals surface area contributed by atoms with Crippen molar-refractivity contribution in [2.75, 3.05) is 6.61 Å². The summed E-state index contributed by atoms with van der Waals surface area (Å²) in [5, 5.41) is 14.4. The molecule has 1 spiro atoms. The van der Waals surface area contributed by atoms with Crippen LogP contribution in [0.3, 0.4) is 0 Å². The Bertz CT molecular complexity index is 939. The quantitative estimate of drug-likeness (QED) is 0.588. The molecule has 4 N–H and O–H groups in total. The molecule has 1 saturated heterocycles. The van der Waals surface area contributed by atoms with Crippen LogP contribution in [-0.4, -0.2) is 64.0 Å². The van der Waals surface area contributed by atoms with Crippen molar-refractivity contribution in [2.24, 2.45) is 16.6 Å². The van der Waals surface area contributed by atoms with Gasteiger partial charge in [-0.1, -0.05) is 0 Å². The molecule has 0 amide bonds. The molecule has 2 aliphatic heterocycles. The smallest absolute Gasteiger partial charge is 0.398 e. The summed E-state index contributed by atoms with van der Waals surface area (Å²) in [6.07, 6.45) is 0.313. The summed E-state index contributed by atoms with van der Waals surface area (Å²) in [7, 11) is 0. The van der Waals surface area contributed by atoms with E-state index in [1.165, 1.54) is 12.3 Å². The highest BCUT2D eigenvalue weighted by molar-refractivity contribution is 5.78. The molecule has 11 heteroatoms. The molecule has 3 aliphatic rings. The van der Waals surface area contributed by atoms with Crippen molar-refractivity contribution < 1.29 is 27.8 Å². The summed E-state index contributed by atoms with van der Waals surface area (Å²) < 4.78 is 52.8. The van der Waals surface area contributed by atoms with Gasteiger partial charge in [0, 0.05) is 42.5 Å². The topological polar surface area (TPSA) is 115 Å². The van der Waals surface area contributed by atoms with Gasteiger partial charge in [0.2, 0.25) is 0 Å². The predicted molar refractivity (Wildman–Crippen MR) is 114 cm³/mol. The highest BCUT2D eigenvalue weighted by atomic mass is 19.4. The van der Waals surface area contributed by atoms with Gasteiger partial charge in [0.1, 0.15) is 17.5 Å². The van der Waals surface area contributed by atoms with Gasteiger partial charge in [-0.05, 0) is 38.8 Å². The molecule has 0 bridgehead atoms. The van der Waals surface area contributed by atoms with Gasteiger partial charge < -0.3 is 25.6 Å². The van der Waals surface area contributed by atoms with Crippen molar-refractivity contribution in [3.63, 3.8) is 0 Å². The van der Waals surface area contributed by atoms with Gasteiger partial charge >= 0.3 is 6.18 Å². The first kappa shape index (κ1) is 23.8. The van der Waals surface area contributed by atoms with E-state index in [2.05, 4.69) is 20.3 Å². The van der Waals surface area contributed by atoms with Crippen LogP contribution in [0.4, 0.5) is 13.2 Å². The van der Waals surface area contributed by atoms with Crippen molar-refractivity contribution in [1.82, 2.24) is 15.3 Å². The molecule has 1 aromatic rings. The van der Waals surface area contributed by atoms with Crippen molar-refractivity contribution >= 4 is 6.21 Å². The van der Waals surface area contributed by atoms with Crippen LogP contribution < -0.4 is 11.1 Å². The van der Waals surface area contributed by atoms with Gasteiger partial charge in [-0.2, -0.15) is 13.2 Å². The highest BCUT2D eigenvalue weighted by Gasteiger charge is 2.64. The minimum absolute atomic E-state index is 0.124. The summed E-state index contributed by atoms with van der Waals surface area (Å²) in [6.45, 7) is 3.80. The van der Waals surface area contributed by atoms with E-state index in [0.29, 0.717) is 25.3 Å². The van der Waals surface area contributed by atoms with Gasteiger partial charge in [-0.15, -0.1) is 0 Å². The zero-order chi connectivity index (χ0) is 23.8. The molecule has 180 valence electrons. The Morgan fingerprint density at radius 1 is 1.30 bits per heavy atom. The lowest BCUT2D eigenvalue weighted by Gasteiger charge is -2.39. The predicted octanol–water partition coefficient (Wildman–Crippen LogP) is 2.18. The Hall–Kier alpha value is -2.34. The van der Waals surface area contributed by atoms with Crippen molar-refractivity contribution in [3.05, 3.63) is 47.8 Å². The molecule has 1 saturated carbocycles. The minimum atomic E-state index is -4.59. The second-order valence-corrected chi connectivity index (χ2v) is 8.72. The molecule has 4 unspecified atom stereocenters. The largest absolute Gasteiger partial charge is 0.414 e. The fourth-order valence-corrected chi connectivity index (χ4v) is 4.56. The van der Waals surface area contributed by atoms with Gasteiger partial charge in [0.25, 0.3) is 0 Å². The first-order valence-corrected chi connectivity index (χ1v) is 10.9. The van der Waals surface area contributed by atoms with Crippen LogP contribution in [0.25, 0.3) is 0 Å². The van der Waals surface area contributed by atoms with Crippen LogP contribution in [0.5, 0.6) is 0 Å². The van der Waals surface area contributed by atoms with E-state index >= 15 is 0 Å². The fourth-order valence-electron chi connectivity index (χ4n) is 4.56. The van der Waals surface area contributed by atoms with Gasteiger partial charge in [0.15, 0.2) is 0 Å². The lowest BCUT2D eigenvalue weighted by atomic mass is 9.92. The molecule has 1 aliphatic carbocycles. The Balaban J connectivity index is 1.43. The van der Waals surface area contributed by atoms with Crippen LogP contribution in [-0.2, 0) is 9.47 Å². The third-order valence-corrected chi connectivity index (χ3v) is 6.39. The molecular weight excluding hydrogens is 439 g/mol. The number of aliphatic hydroxyl groups excluding tert-OH is 1. The number of aliphatic imine (C=N–C) groups is 1. The number of ether oxygens (including phenoxy) is 2. The highest BCUT2D eigenvalue weighted by Crippen LogP contribution is 2.49. The van der Waals surface area contributed by atoms with Crippen LogP contribution >= 0.6 is 0 Å². The summed E-state index contributed by atoms with van der Waals surface area (Å²) in [5.74, 6) is -0.528. The Morgan fingerprint density at radius 3 is 2.73 bits per heavy atom. The van der Waals surface area contributed by atoms with Crippen molar-refractivity contribution in [1.29, 1.82) is 0 Å². The molecule has 4 rings (SSSR count). The zero-order valence-corrected chi connectivity index (χ0v) is 18.4. The summed E-state index contributed by atoms with van der Waals surface area (Å²) >= 11 is 0. The zero-order valence-electron chi connectivity index (χ0n) is 18.4. The van der Waals surface area contributed by atoms with Crippen LogP contribution in [0, 0.1) is 5.92 Å². The average molecular weight is 467 g/mol. The lowest BCUT2D eigenvalue weighted by Crippen LogP contribution is -2.52. The second-order valence-electron chi connectivity index (χ2n) is 8.72. The number of hydrogen-bond donors (Lipinski definition) is 3. The summed E-state index contributed by atoms with van der Waals surface area (Å²) in [5.41, 5.74) is 4.19. The van der Waals surface area contributed by atoms with Gasteiger partial charge in [0.05, 0.1) is 30.4 Å². The maximum Gasteiger partial charge on any atom is 0.414 e. The molecule has 33 heavy (non-hydrogen) atoms. The number of nitrogens with zero attached hydrogens (tertiary/aromatic N) is 3. The number of rotatable bonds is 6. The normalized spacial score (nSPS) is 33.8. The fraction of sp³-hybridized carbons (Fsp3) is 0.591. The first-order valence-electron chi connectivity index (χ1n) is 10.9. The molecule has 3 heterocycles. The van der Waals surface area contributed by atoms with E-state index < -0.39 is 41.6 Å². The van der Waals surface area contributed by atoms with E-state index in [4.69, 9.17) is 15.2 Å². The van der Waals surface area contributed by atoms with E-state index in [-0.39, 0.29) is 17.8 Å². The SMILES string of the molecule is CC(N[C@H]1CC12OCC[C@@H](OC(C)C1C=C(N)C=NC=C1C(F)(F)F)[C@H]2O)c1ncccn1. The number of aliphatic hydroxyl groups is 1. The third-order valence-electron chi connectivity index (χ3n) is 6.39. The molecule has 8 nitrogen and oxygen atoms in total. The second kappa shape index (κ2) is 9.13. The molecular formula is C22H28F3N5O3. The summed E-state index contributed by atoms with van der Waals surface area (Å²) in [4.78, 5) is 12.1. The molecule has 7 atom stereocenters. The molecule has 2 fully saturated rings. The van der Waals surface area contributed by atoms with Crippen LogP contribution in [0.15, 0.2) is 47.0 Å². The number of halogens is 3. The van der Waals surface area contributed by atoms with E-state index in [1.54, 1.807) is 25.4 Å². The van der Waals surface area contributed by atoms with Gasteiger partial charge in [-0.25, -0.2) is 9.97 Å². The van der Waals surface area contributed by atoms with E-state index in [9.17, 15) is 18.3 Å². The Morgan fingerprint density at radius 2 is 2.03 bits per heavy atom. The number of nitrogens with one attached hydrogen (secondary N) is 1.